The smallest absolute Gasteiger partial charge is 0.322 e. The Hall–Kier alpha value is -2.73. The van der Waals surface area contributed by atoms with Gasteiger partial charge >= 0.3 is 6.03 Å². The largest absolute Gasteiger partial charge is 0.496 e. The lowest BCUT2D eigenvalue weighted by Crippen LogP contribution is -2.56. The minimum absolute atomic E-state index is 0.146. The van der Waals surface area contributed by atoms with Crippen molar-refractivity contribution in [2.75, 3.05) is 19.1 Å². The Morgan fingerprint density at radius 2 is 1.55 bits per heavy atom. The van der Waals surface area contributed by atoms with Gasteiger partial charge in [0.1, 0.15) is 11.5 Å². The molecule has 2 aromatic carbocycles. The van der Waals surface area contributed by atoms with Crippen molar-refractivity contribution < 1.29 is 19.4 Å². The van der Waals surface area contributed by atoms with Gasteiger partial charge in [0.15, 0.2) is 0 Å². The fourth-order valence-electron chi connectivity index (χ4n) is 4.97. The predicted molar refractivity (Wildman–Crippen MR) is 121 cm³/mol. The van der Waals surface area contributed by atoms with Gasteiger partial charge in [-0.25, -0.2) is 4.79 Å². The van der Waals surface area contributed by atoms with Gasteiger partial charge in [-0.05, 0) is 43.5 Å². The van der Waals surface area contributed by atoms with Crippen LogP contribution >= 0.6 is 0 Å². The van der Waals surface area contributed by atoms with Crippen molar-refractivity contribution in [2.45, 2.75) is 63.1 Å². The lowest BCUT2D eigenvalue weighted by Gasteiger charge is -2.40. The Balaban J connectivity index is 1.67. The van der Waals surface area contributed by atoms with Crippen molar-refractivity contribution in [3.8, 4) is 11.5 Å². The van der Waals surface area contributed by atoms with Crippen LogP contribution in [0.15, 0.2) is 42.5 Å². The zero-order valence-electron chi connectivity index (χ0n) is 18.3. The maximum absolute atomic E-state index is 13.5. The van der Waals surface area contributed by atoms with Crippen LogP contribution in [0, 0.1) is 0 Å². The molecule has 2 aliphatic rings. The van der Waals surface area contributed by atoms with Gasteiger partial charge in [-0.3, -0.25) is 4.90 Å². The number of amides is 2. The number of fused-ring (bicyclic) bond motifs is 1. The molecule has 1 saturated carbocycles. The van der Waals surface area contributed by atoms with Crippen LogP contribution in [0.3, 0.4) is 0 Å². The minimum Gasteiger partial charge on any atom is -0.496 e. The number of urea groups is 1. The monoisotopic (exact) mass is 424 g/mol. The second kappa shape index (κ2) is 9.60. The molecule has 0 spiro atoms. The number of para-hydroxylation sites is 1. The van der Waals surface area contributed by atoms with Crippen molar-refractivity contribution in [3.05, 3.63) is 53.6 Å². The van der Waals surface area contributed by atoms with Gasteiger partial charge < -0.3 is 19.9 Å². The Morgan fingerprint density at radius 3 is 2.16 bits per heavy atom. The van der Waals surface area contributed by atoms with E-state index >= 15 is 0 Å². The van der Waals surface area contributed by atoms with E-state index < -0.39 is 12.1 Å². The molecule has 0 bridgehead atoms. The lowest BCUT2D eigenvalue weighted by atomic mass is 9.84. The van der Waals surface area contributed by atoms with Crippen molar-refractivity contribution >= 4 is 11.7 Å². The van der Waals surface area contributed by atoms with Gasteiger partial charge in [-0.1, -0.05) is 37.5 Å². The van der Waals surface area contributed by atoms with E-state index in [4.69, 9.17) is 9.47 Å². The number of rotatable bonds is 5. The normalized spacial score (nSPS) is 21.1. The van der Waals surface area contributed by atoms with Crippen LogP contribution in [-0.2, 0) is 12.8 Å². The maximum atomic E-state index is 13.5. The van der Waals surface area contributed by atoms with Crippen molar-refractivity contribution in [2.24, 2.45) is 0 Å². The van der Waals surface area contributed by atoms with Crippen LogP contribution in [0.5, 0.6) is 11.5 Å². The number of nitrogens with zero attached hydrogens (tertiary/aromatic N) is 1. The van der Waals surface area contributed by atoms with Crippen LogP contribution in [0.2, 0.25) is 0 Å². The molecule has 2 atom stereocenters. The van der Waals surface area contributed by atoms with Crippen LogP contribution < -0.4 is 19.7 Å². The SMILES string of the molecule is COc1ccc(OC)c2c1CC(O)C(N(C(=O)NC1CCCCC1)c1ccccc1)C2. The minimum atomic E-state index is -0.717. The Bertz CT molecular complexity index is 896. The molecule has 1 fully saturated rings. The number of ether oxygens (including phenoxy) is 2. The molecule has 0 radical (unpaired) electrons. The number of aliphatic hydroxyl groups is 1. The molecule has 2 amide bonds. The summed E-state index contributed by atoms with van der Waals surface area (Å²) in [6.45, 7) is 0. The summed E-state index contributed by atoms with van der Waals surface area (Å²) in [5.41, 5.74) is 2.72. The topological polar surface area (TPSA) is 71.0 Å². The van der Waals surface area contributed by atoms with Crippen molar-refractivity contribution in [1.29, 1.82) is 0 Å². The Labute approximate surface area is 184 Å². The van der Waals surface area contributed by atoms with E-state index in [1.807, 2.05) is 42.5 Å². The molecule has 0 aliphatic heterocycles. The van der Waals surface area contributed by atoms with E-state index in [-0.39, 0.29) is 12.1 Å². The lowest BCUT2D eigenvalue weighted by molar-refractivity contribution is 0.130. The number of methoxy groups -OCH3 is 2. The number of aliphatic hydroxyl groups excluding tert-OH is 1. The predicted octanol–water partition coefficient (Wildman–Crippen LogP) is 4.08. The summed E-state index contributed by atoms with van der Waals surface area (Å²) in [7, 11) is 3.28. The molecule has 2 aromatic rings. The second-order valence-electron chi connectivity index (χ2n) is 8.46. The third kappa shape index (κ3) is 4.49. The molecule has 0 saturated heterocycles. The molecule has 2 N–H and O–H groups in total. The van der Waals surface area contributed by atoms with E-state index in [1.54, 1.807) is 19.1 Å². The van der Waals surface area contributed by atoms with Gasteiger partial charge in [0.05, 0.1) is 26.4 Å². The van der Waals surface area contributed by atoms with Gasteiger partial charge in [0.2, 0.25) is 0 Å². The second-order valence-corrected chi connectivity index (χ2v) is 8.46. The van der Waals surface area contributed by atoms with Crippen LogP contribution in [-0.4, -0.2) is 43.5 Å². The van der Waals surface area contributed by atoms with Crippen LogP contribution in [0.4, 0.5) is 10.5 Å². The fourth-order valence-corrected chi connectivity index (χ4v) is 4.97. The zero-order valence-corrected chi connectivity index (χ0v) is 18.3. The molecular weight excluding hydrogens is 392 g/mol. The van der Waals surface area contributed by atoms with Crippen molar-refractivity contribution in [1.82, 2.24) is 5.32 Å². The quantitative estimate of drug-likeness (QED) is 0.759. The molecule has 4 rings (SSSR count). The molecule has 0 heterocycles. The van der Waals surface area contributed by atoms with Crippen molar-refractivity contribution in [3.63, 3.8) is 0 Å². The summed E-state index contributed by atoms with van der Waals surface area (Å²) in [6, 6.07) is 13.0. The third-order valence-corrected chi connectivity index (χ3v) is 6.57. The average Bonchev–Trinajstić information content (AvgIpc) is 2.80. The molecule has 2 aliphatic carbocycles. The summed E-state index contributed by atoms with van der Waals surface area (Å²) in [4.78, 5) is 15.2. The molecular formula is C25H32N2O4. The number of hydrogen-bond acceptors (Lipinski definition) is 4. The van der Waals surface area contributed by atoms with Gasteiger partial charge in [-0.2, -0.15) is 0 Å². The first-order valence-corrected chi connectivity index (χ1v) is 11.2. The molecule has 6 nitrogen and oxygen atoms in total. The van der Waals surface area contributed by atoms with Crippen LogP contribution in [0.1, 0.15) is 43.2 Å². The highest BCUT2D eigenvalue weighted by atomic mass is 16.5. The molecule has 166 valence electrons. The summed E-state index contributed by atoms with van der Waals surface area (Å²) in [6.07, 6.45) is 5.72. The Kier molecular flexibility index (Phi) is 6.66. The van der Waals surface area contributed by atoms with E-state index in [2.05, 4.69) is 5.32 Å². The molecule has 6 heteroatoms. The Morgan fingerprint density at radius 1 is 0.935 bits per heavy atom. The van der Waals surface area contributed by atoms with E-state index in [9.17, 15) is 9.90 Å². The first-order valence-electron chi connectivity index (χ1n) is 11.2. The summed E-state index contributed by atoms with van der Waals surface area (Å²) >= 11 is 0. The molecule has 31 heavy (non-hydrogen) atoms. The highest BCUT2D eigenvalue weighted by molar-refractivity contribution is 5.93. The number of hydrogen-bond donors (Lipinski definition) is 2. The van der Waals surface area contributed by atoms with E-state index in [0.717, 1.165) is 54.0 Å². The highest BCUT2D eigenvalue weighted by Gasteiger charge is 2.38. The number of nitrogens with one attached hydrogen (secondary N) is 1. The van der Waals surface area contributed by atoms with Gasteiger partial charge in [0.25, 0.3) is 0 Å². The maximum Gasteiger partial charge on any atom is 0.322 e. The summed E-state index contributed by atoms with van der Waals surface area (Å²) < 4.78 is 11.1. The summed E-state index contributed by atoms with van der Waals surface area (Å²) in [5, 5.41) is 14.4. The number of carbonyl (C=O) groups is 1. The molecule has 2 unspecified atom stereocenters. The number of anilines is 1. The zero-order chi connectivity index (χ0) is 21.8. The number of carbonyl (C=O) groups excluding carboxylic acids is 1. The van der Waals surface area contributed by atoms with E-state index in [1.165, 1.54) is 6.42 Å². The van der Waals surface area contributed by atoms with E-state index in [0.29, 0.717) is 12.8 Å². The van der Waals surface area contributed by atoms with Gasteiger partial charge in [-0.15, -0.1) is 0 Å². The standard InChI is InChI=1S/C25H32N2O4/c1-30-23-13-14-24(31-2)20-16-22(28)21(15-19(20)23)27(18-11-7-4-8-12-18)25(29)26-17-9-5-3-6-10-17/h4,7-8,11-14,17,21-22,28H,3,5-6,9-10,15-16H2,1-2H3,(H,26,29). The number of benzene rings is 2. The van der Waals surface area contributed by atoms with Gasteiger partial charge in [0, 0.05) is 29.3 Å². The summed E-state index contributed by atoms with van der Waals surface area (Å²) in [5.74, 6) is 1.50. The van der Waals surface area contributed by atoms with Crippen LogP contribution in [0.25, 0.3) is 0 Å². The fraction of sp³-hybridized carbons (Fsp3) is 0.480. The highest BCUT2D eigenvalue weighted by Crippen LogP contribution is 2.38. The molecule has 0 aromatic heterocycles. The first kappa shape index (κ1) is 21.5. The first-order chi connectivity index (χ1) is 15.1. The third-order valence-electron chi connectivity index (χ3n) is 6.57. The average molecular weight is 425 g/mol.